The molecule has 2 aromatic rings. The maximum atomic E-state index is 12.6. The monoisotopic (exact) mass is 362 g/mol. The number of hydrogen-bond donors (Lipinski definition) is 0. The Morgan fingerprint density at radius 3 is 2.52 bits per heavy atom. The summed E-state index contributed by atoms with van der Waals surface area (Å²) < 4.78 is 0.846. The Kier molecular flexibility index (Phi) is 5.89. The standard InChI is InChI=1S/C17H15ClN2OS2/c1-20(2)9-8-14(21)16-15(11-4-6-12(18)7-5-11)13(10-19)17(22-3)23-16/h4-9H,1-3H3/b9-8+. The van der Waals surface area contributed by atoms with Crippen LogP contribution in [-0.2, 0) is 0 Å². The first kappa shape index (κ1) is 17.6. The van der Waals surface area contributed by atoms with E-state index in [-0.39, 0.29) is 5.78 Å². The number of ketones is 1. The number of benzene rings is 1. The molecule has 23 heavy (non-hydrogen) atoms. The summed E-state index contributed by atoms with van der Waals surface area (Å²) in [5.41, 5.74) is 2.06. The van der Waals surface area contributed by atoms with Crippen molar-refractivity contribution in [1.29, 1.82) is 5.26 Å². The molecule has 1 aromatic heterocycles. The molecule has 1 heterocycles. The number of nitrogens with zero attached hydrogens (tertiary/aromatic N) is 2. The van der Waals surface area contributed by atoms with Gasteiger partial charge in [-0.3, -0.25) is 4.79 Å². The molecule has 0 N–H and O–H groups in total. The third-order valence-electron chi connectivity index (χ3n) is 3.05. The van der Waals surface area contributed by atoms with E-state index in [1.165, 1.54) is 29.2 Å². The van der Waals surface area contributed by atoms with Crippen LogP contribution in [0.5, 0.6) is 0 Å². The molecule has 0 aliphatic rings. The van der Waals surface area contributed by atoms with Gasteiger partial charge in [0.25, 0.3) is 0 Å². The highest BCUT2D eigenvalue weighted by atomic mass is 35.5. The summed E-state index contributed by atoms with van der Waals surface area (Å²) in [5, 5.41) is 10.2. The maximum absolute atomic E-state index is 12.6. The zero-order valence-electron chi connectivity index (χ0n) is 13.0. The molecule has 0 amide bonds. The van der Waals surface area contributed by atoms with E-state index >= 15 is 0 Å². The lowest BCUT2D eigenvalue weighted by Gasteiger charge is -2.05. The van der Waals surface area contributed by atoms with Gasteiger partial charge in [0, 0.05) is 37.0 Å². The lowest BCUT2D eigenvalue weighted by molar-refractivity contribution is 0.104. The van der Waals surface area contributed by atoms with E-state index in [0.717, 1.165) is 9.77 Å². The topological polar surface area (TPSA) is 44.1 Å². The van der Waals surface area contributed by atoms with E-state index in [0.29, 0.717) is 21.0 Å². The summed E-state index contributed by atoms with van der Waals surface area (Å²) in [4.78, 5) is 14.9. The number of hydrogen-bond acceptors (Lipinski definition) is 5. The molecule has 1 aromatic carbocycles. The van der Waals surface area contributed by atoms with Crippen molar-refractivity contribution in [2.24, 2.45) is 0 Å². The van der Waals surface area contributed by atoms with Gasteiger partial charge in [0.2, 0.25) is 0 Å². The van der Waals surface area contributed by atoms with Crippen molar-refractivity contribution < 1.29 is 4.79 Å². The van der Waals surface area contributed by atoms with Gasteiger partial charge in [-0.15, -0.1) is 23.1 Å². The van der Waals surface area contributed by atoms with Gasteiger partial charge in [0.05, 0.1) is 14.6 Å². The van der Waals surface area contributed by atoms with Crippen molar-refractivity contribution in [3.05, 3.63) is 52.0 Å². The summed E-state index contributed by atoms with van der Waals surface area (Å²) >= 11 is 8.78. The molecule has 0 fully saturated rings. The normalized spacial score (nSPS) is 10.7. The fourth-order valence-electron chi connectivity index (χ4n) is 2.01. The second kappa shape index (κ2) is 7.69. The lowest BCUT2D eigenvalue weighted by atomic mass is 10.0. The molecule has 0 radical (unpaired) electrons. The molecule has 0 saturated heterocycles. The third-order valence-corrected chi connectivity index (χ3v) is 5.63. The highest BCUT2D eigenvalue weighted by Crippen LogP contribution is 2.41. The largest absolute Gasteiger partial charge is 0.383 e. The van der Waals surface area contributed by atoms with Gasteiger partial charge in [0.1, 0.15) is 6.07 Å². The number of nitriles is 1. The van der Waals surface area contributed by atoms with E-state index < -0.39 is 0 Å². The Bertz CT molecular complexity index is 786. The summed E-state index contributed by atoms with van der Waals surface area (Å²) in [6.07, 6.45) is 5.14. The van der Waals surface area contributed by atoms with E-state index in [9.17, 15) is 10.1 Å². The SMILES string of the molecule is CSc1sc(C(=O)/C=C/N(C)C)c(-c2ccc(Cl)cc2)c1C#N. The first-order chi connectivity index (χ1) is 11.0. The summed E-state index contributed by atoms with van der Waals surface area (Å²) in [5.74, 6) is -0.106. The average Bonchev–Trinajstić information content (AvgIpc) is 2.91. The number of allylic oxidation sites excluding steroid dienone is 1. The first-order valence-electron chi connectivity index (χ1n) is 6.73. The Balaban J connectivity index is 2.62. The molecule has 2 rings (SSSR count). The fraction of sp³-hybridized carbons (Fsp3) is 0.176. The Hall–Kier alpha value is -1.74. The van der Waals surface area contributed by atoms with Crippen molar-refractivity contribution >= 4 is 40.5 Å². The molecule has 118 valence electrons. The molecule has 0 atom stereocenters. The number of carbonyl (C=O) groups excluding carboxylic acids is 1. The predicted octanol–water partition coefficient (Wildman–Crippen LogP) is 4.92. The van der Waals surface area contributed by atoms with E-state index in [1.54, 1.807) is 23.2 Å². The van der Waals surface area contributed by atoms with Gasteiger partial charge in [-0.1, -0.05) is 23.7 Å². The molecular formula is C17H15ClN2OS2. The second-order valence-electron chi connectivity index (χ2n) is 4.94. The molecule has 0 aliphatic heterocycles. The van der Waals surface area contributed by atoms with Crippen LogP contribution < -0.4 is 0 Å². The van der Waals surface area contributed by atoms with Crippen LogP contribution >= 0.6 is 34.7 Å². The minimum Gasteiger partial charge on any atom is -0.383 e. The van der Waals surface area contributed by atoms with Crippen LogP contribution in [0.2, 0.25) is 5.02 Å². The molecular weight excluding hydrogens is 348 g/mol. The van der Waals surface area contributed by atoms with Crippen LogP contribution in [0.4, 0.5) is 0 Å². The number of thioether (sulfide) groups is 1. The van der Waals surface area contributed by atoms with Crippen molar-refractivity contribution in [2.75, 3.05) is 20.4 Å². The zero-order chi connectivity index (χ0) is 17.0. The van der Waals surface area contributed by atoms with Gasteiger partial charge < -0.3 is 4.90 Å². The Labute approximate surface area is 149 Å². The van der Waals surface area contributed by atoms with E-state index in [1.807, 2.05) is 32.5 Å². The van der Waals surface area contributed by atoms with Crippen LogP contribution in [0.1, 0.15) is 15.2 Å². The average molecular weight is 363 g/mol. The van der Waals surface area contributed by atoms with Crippen LogP contribution in [0, 0.1) is 11.3 Å². The van der Waals surface area contributed by atoms with Crippen molar-refractivity contribution in [3.8, 4) is 17.2 Å². The van der Waals surface area contributed by atoms with Crippen molar-refractivity contribution in [1.82, 2.24) is 4.90 Å². The molecule has 3 nitrogen and oxygen atoms in total. The first-order valence-corrected chi connectivity index (χ1v) is 9.15. The van der Waals surface area contributed by atoms with E-state index in [4.69, 9.17) is 11.6 Å². The quantitative estimate of drug-likeness (QED) is 0.430. The van der Waals surface area contributed by atoms with Gasteiger partial charge in [-0.05, 0) is 24.0 Å². The summed E-state index contributed by atoms with van der Waals surface area (Å²) in [6, 6.07) is 9.43. The molecule has 0 spiro atoms. The Morgan fingerprint density at radius 1 is 1.35 bits per heavy atom. The molecule has 0 unspecified atom stereocenters. The third kappa shape index (κ3) is 3.97. The van der Waals surface area contributed by atoms with Crippen LogP contribution in [0.25, 0.3) is 11.1 Å². The molecule has 0 bridgehead atoms. The number of carbonyl (C=O) groups is 1. The molecule has 6 heteroatoms. The number of thiophene rings is 1. The highest BCUT2D eigenvalue weighted by molar-refractivity contribution is 8.00. The lowest BCUT2D eigenvalue weighted by Crippen LogP contribution is -2.03. The Morgan fingerprint density at radius 2 is 2.00 bits per heavy atom. The molecule has 0 saturated carbocycles. The van der Waals surface area contributed by atoms with Gasteiger partial charge >= 0.3 is 0 Å². The smallest absolute Gasteiger partial charge is 0.197 e. The minimum absolute atomic E-state index is 0.106. The van der Waals surface area contributed by atoms with Gasteiger partial charge in [-0.2, -0.15) is 5.26 Å². The second-order valence-corrected chi connectivity index (χ2v) is 7.47. The van der Waals surface area contributed by atoms with Gasteiger partial charge in [0.15, 0.2) is 5.78 Å². The highest BCUT2D eigenvalue weighted by Gasteiger charge is 2.22. The maximum Gasteiger partial charge on any atom is 0.197 e. The van der Waals surface area contributed by atoms with Gasteiger partial charge in [-0.25, -0.2) is 0 Å². The van der Waals surface area contributed by atoms with Crippen LogP contribution in [0.3, 0.4) is 0 Å². The summed E-state index contributed by atoms with van der Waals surface area (Å²) in [7, 11) is 3.71. The minimum atomic E-state index is -0.106. The number of halogens is 1. The van der Waals surface area contributed by atoms with Crippen molar-refractivity contribution in [2.45, 2.75) is 4.21 Å². The van der Waals surface area contributed by atoms with Crippen LogP contribution in [-0.4, -0.2) is 31.0 Å². The van der Waals surface area contributed by atoms with Crippen LogP contribution in [0.15, 0.2) is 40.8 Å². The van der Waals surface area contributed by atoms with E-state index in [2.05, 4.69) is 6.07 Å². The zero-order valence-corrected chi connectivity index (χ0v) is 15.4. The fourth-order valence-corrected chi connectivity index (χ4v) is 4.00. The molecule has 0 aliphatic carbocycles. The van der Waals surface area contributed by atoms with Crippen molar-refractivity contribution in [3.63, 3.8) is 0 Å². The number of rotatable bonds is 5. The summed E-state index contributed by atoms with van der Waals surface area (Å²) in [6.45, 7) is 0. The predicted molar refractivity (Wildman–Crippen MR) is 98.4 cm³/mol.